The molecule has 0 aromatic heterocycles. The second-order valence-corrected chi connectivity index (χ2v) is 7.68. The molecule has 2 heterocycles. The summed E-state index contributed by atoms with van der Waals surface area (Å²) in [5.74, 6) is 0.0966. The Labute approximate surface area is 138 Å². The summed E-state index contributed by atoms with van der Waals surface area (Å²) in [5, 5.41) is 0. The van der Waals surface area contributed by atoms with Crippen molar-refractivity contribution < 1.29 is 13.2 Å². The minimum Gasteiger partial charge on any atom is -0.336 e. The van der Waals surface area contributed by atoms with E-state index in [0.717, 1.165) is 19.3 Å². The second-order valence-electron chi connectivity index (χ2n) is 5.93. The van der Waals surface area contributed by atoms with Gasteiger partial charge in [0.25, 0.3) is 15.9 Å². The summed E-state index contributed by atoms with van der Waals surface area (Å²) in [7, 11) is -3.49. The number of fused-ring (bicyclic) bond motifs is 1. The van der Waals surface area contributed by atoms with Gasteiger partial charge in [-0.25, -0.2) is 8.42 Å². The van der Waals surface area contributed by atoms with Crippen molar-refractivity contribution in [1.82, 2.24) is 9.80 Å². The monoisotopic (exact) mass is 339 g/mol. The lowest BCUT2D eigenvalue weighted by Crippen LogP contribution is -2.46. The van der Waals surface area contributed by atoms with Crippen molar-refractivity contribution in [1.29, 1.82) is 0 Å². The Hall–Kier alpha value is -1.63. The largest absolute Gasteiger partial charge is 0.336 e. The molecule has 0 fully saturated rings. The number of hydrogen-bond acceptors (Lipinski definition) is 4. The van der Waals surface area contributed by atoms with Gasteiger partial charge in [-0.3, -0.25) is 4.79 Å². The number of allylic oxidation sites excluding steroid dienone is 2. The number of sulfonamides is 1. The number of unbranched alkanes of at least 4 members (excludes halogenated alkanes) is 1. The molecule has 0 bridgehead atoms. The van der Waals surface area contributed by atoms with E-state index in [0.29, 0.717) is 18.7 Å². The average molecular weight is 339 g/mol. The molecule has 128 valence electrons. The lowest BCUT2D eigenvalue weighted by molar-refractivity contribution is -0.128. The lowest BCUT2D eigenvalue weighted by atomic mass is 10.1. The van der Waals surface area contributed by atoms with Gasteiger partial charge in [0.05, 0.1) is 11.3 Å². The van der Waals surface area contributed by atoms with E-state index >= 15 is 0 Å². The molecule has 0 aromatic carbocycles. The fourth-order valence-electron chi connectivity index (χ4n) is 2.61. The Kier molecular flexibility index (Phi) is 5.62. The highest BCUT2D eigenvalue weighted by atomic mass is 32.2. The standard InChI is InChI=1S/C16H25N3O3S/c1-4-6-10-19(13(3)5-2)16(20)14-8-7-9-18-11-12-23(21,22)17-15(14)18/h7-9,13H,4-6,10-12H2,1-3H3. The molecule has 23 heavy (non-hydrogen) atoms. The quantitative estimate of drug-likeness (QED) is 0.741. The molecule has 1 amide bonds. The second kappa shape index (κ2) is 7.29. The van der Waals surface area contributed by atoms with Crippen LogP contribution in [-0.4, -0.2) is 54.8 Å². The lowest BCUT2D eigenvalue weighted by Gasteiger charge is -2.33. The number of carbonyl (C=O) groups is 1. The highest BCUT2D eigenvalue weighted by Gasteiger charge is 2.32. The number of nitrogens with zero attached hydrogens (tertiary/aromatic N) is 3. The highest BCUT2D eigenvalue weighted by molar-refractivity contribution is 7.90. The third-order valence-corrected chi connectivity index (χ3v) is 5.37. The minimum absolute atomic E-state index is 0.0206. The summed E-state index contributed by atoms with van der Waals surface area (Å²) in [5.41, 5.74) is 0.368. The van der Waals surface area contributed by atoms with Crippen LogP contribution < -0.4 is 0 Å². The first kappa shape index (κ1) is 17.7. The molecule has 1 atom stereocenters. The van der Waals surface area contributed by atoms with Crippen LogP contribution in [0.3, 0.4) is 0 Å². The molecular weight excluding hydrogens is 314 g/mol. The number of carbonyl (C=O) groups excluding carboxylic acids is 1. The Bertz CT molecular complexity index is 649. The first-order chi connectivity index (χ1) is 10.9. The maximum absolute atomic E-state index is 13.0. The van der Waals surface area contributed by atoms with Gasteiger partial charge < -0.3 is 9.80 Å². The molecule has 0 saturated heterocycles. The maximum atomic E-state index is 13.0. The molecule has 6 nitrogen and oxygen atoms in total. The summed E-state index contributed by atoms with van der Waals surface area (Å²) in [4.78, 5) is 16.6. The molecule has 7 heteroatoms. The number of rotatable bonds is 6. The van der Waals surface area contributed by atoms with E-state index in [1.807, 2.05) is 18.7 Å². The average Bonchev–Trinajstić information content (AvgIpc) is 2.53. The van der Waals surface area contributed by atoms with Gasteiger partial charge in [-0.15, -0.1) is 4.40 Å². The van der Waals surface area contributed by atoms with Crippen LogP contribution in [0.2, 0.25) is 0 Å². The van der Waals surface area contributed by atoms with Crippen LogP contribution in [-0.2, 0) is 14.8 Å². The summed E-state index contributed by atoms with van der Waals surface area (Å²) < 4.78 is 27.5. The Balaban J connectivity index is 2.33. The van der Waals surface area contributed by atoms with Crippen LogP contribution in [0.4, 0.5) is 0 Å². The van der Waals surface area contributed by atoms with Crippen molar-refractivity contribution in [3.8, 4) is 0 Å². The molecule has 0 spiro atoms. The van der Waals surface area contributed by atoms with Crippen molar-refractivity contribution in [2.75, 3.05) is 18.8 Å². The zero-order valence-corrected chi connectivity index (χ0v) is 14.8. The molecule has 1 unspecified atom stereocenters. The zero-order chi connectivity index (χ0) is 17.0. The summed E-state index contributed by atoms with van der Waals surface area (Å²) in [6, 6.07) is 0.107. The smallest absolute Gasteiger partial charge is 0.257 e. The van der Waals surface area contributed by atoms with Gasteiger partial charge in [0.15, 0.2) is 5.84 Å². The van der Waals surface area contributed by atoms with Gasteiger partial charge >= 0.3 is 0 Å². The van der Waals surface area contributed by atoms with Crippen LogP contribution in [0.15, 0.2) is 28.3 Å². The topological polar surface area (TPSA) is 70.1 Å². The number of hydrogen-bond donors (Lipinski definition) is 0. The molecule has 0 N–H and O–H groups in total. The van der Waals surface area contributed by atoms with E-state index < -0.39 is 10.0 Å². The zero-order valence-electron chi connectivity index (χ0n) is 14.0. The van der Waals surface area contributed by atoms with Gasteiger partial charge in [-0.2, -0.15) is 0 Å². The van der Waals surface area contributed by atoms with E-state index in [1.165, 1.54) is 0 Å². The Morgan fingerprint density at radius 1 is 1.43 bits per heavy atom. The van der Waals surface area contributed by atoms with E-state index in [4.69, 9.17) is 0 Å². The van der Waals surface area contributed by atoms with Crippen molar-refractivity contribution in [2.24, 2.45) is 4.40 Å². The Morgan fingerprint density at radius 2 is 2.17 bits per heavy atom. The summed E-state index contributed by atoms with van der Waals surface area (Å²) >= 11 is 0. The van der Waals surface area contributed by atoms with Crippen LogP contribution in [0.1, 0.15) is 40.0 Å². The molecule has 2 aliphatic rings. The predicted octanol–water partition coefficient (Wildman–Crippen LogP) is 1.91. The fraction of sp³-hybridized carbons (Fsp3) is 0.625. The molecular formula is C16H25N3O3S. The van der Waals surface area contributed by atoms with E-state index in [1.54, 1.807) is 23.3 Å². The summed E-state index contributed by atoms with van der Waals surface area (Å²) in [6.45, 7) is 7.15. The van der Waals surface area contributed by atoms with Crippen molar-refractivity contribution in [3.05, 3.63) is 23.9 Å². The van der Waals surface area contributed by atoms with E-state index in [-0.39, 0.29) is 23.5 Å². The van der Waals surface area contributed by atoms with E-state index in [2.05, 4.69) is 11.3 Å². The Morgan fingerprint density at radius 3 is 2.83 bits per heavy atom. The minimum atomic E-state index is -3.49. The normalized spacial score (nSPS) is 20.4. The maximum Gasteiger partial charge on any atom is 0.257 e. The summed E-state index contributed by atoms with van der Waals surface area (Å²) in [6.07, 6.45) is 7.99. The first-order valence-electron chi connectivity index (χ1n) is 8.18. The number of amidine groups is 1. The molecule has 2 rings (SSSR count). The van der Waals surface area contributed by atoms with Crippen molar-refractivity contribution in [3.63, 3.8) is 0 Å². The predicted molar refractivity (Wildman–Crippen MR) is 91.5 cm³/mol. The third-order valence-electron chi connectivity index (χ3n) is 4.22. The van der Waals surface area contributed by atoms with Gasteiger partial charge in [0, 0.05) is 25.3 Å². The highest BCUT2D eigenvalue weighted by Crippen LogP contribution is 2.21. The first-order valence-corrected chi connectivity index (χ1v) is 9.79. The van der Waals surface area contributed by atoms with Crippen LogP contribution in [0.5, 0.6) is 0 Å². The van der Waals surface area contributed by atoms with Gasteiger partial charge in [0.1, 0.15) is 0 Å². The van der Waals surface area contributed by atoms with Crippen molar-refractivity contribution >= 4 is 21.8 Å². The molecule has 0 aliphatic carbocycles. The molecule has 0 saturated carbocycles. The number of amides is 1. The van der Waals surface area contributed by atoms with Gasteiger partial charge in [-0.05, 0) is 31.9 Å². The van der Waals surface area contributed by atoms with E-state index in [9.17, 15) is 13.2 Å². The van der Waals surface area contributed by atoms with Gasteiger partial charge in [0.2, 0.25) is 0 Å². The van der Waals surface area contributed by atoms with Crippen molar-refractivity contribution in [2.45, 2.75) is 46.1 Å². The molecule has 0 radical (unpaired) electrons. The molecule has 2 aliphatic heterocycles. The fourth-order valence-corrected chi connectivity index (χ4v) is 3.59. The van der Waals surface area contributed by atoms with Crippen LogP contribution in [0, 0.1) is 0 Å². The van der Waals surface area contributed by atoms with Crippen LogP contribution >= 0.6 is 0 Å². The molecule has 0 aromatic rings. The van der Waals surface area contributed by atoms with Gasteiger partial charge in [-0.1, -0.05) is 20.3 Å². The van der Waals surface area contributed by atoms with Crippen LogP contribution in [0.25, 0.3) is 0 Å². The SMILES string of the molecule is CCCCN(C(=O)C1=CC=CN2CCS(=O)(=O)N=C12)C(C)CC. The third kappa shape index (κ3) is 4.02.